The molecule has 4 rings (SSSR count). The molecule has 1 aromatic carbocycles. The number of pyridine rings is 1. The van der Waals surface area contributed by atoms with Gasteiger partial charge in [-0.25, -0.2) is 24.4 Å². The number of benzene rings is 1. The highest BCUT2D eigenvalue weighted by molar-refractivity contribution is 6.10. The third-order valence-electron chi connectivity index (χ3n) is 7.30. The average Bonchev–Trinajstić information content (AvgIpc) is 3.53. The second-order valence-corrected chi connectivity index (χ2v) is 15.6. The number of ether oxygens (including phenoxy) is 3. The molecule has 3 amide bonds. The van der Waals surface area contributed by atoms with Crippen molar-refractivity contribution in [3.05, 3.63) is 70.3 Å². The van der Waals surface area contributed by atoms with Gasteiger partial charge in [-0.2, -0.15) is 4.90 Å². The minimum absolute atomic E-state index is 0.0104. The van der Waals surface area contributed by atoms with E-state index in [4.69, 9.17) is 23.7 Å². The molecule has 0 aliphatic heterocycles. The number of nitrogens with zero attached hydrogens (tertiary/aromatic N) is 5. The molecule has 0 fully saturated rings. The molecule has 3 aromatic heterocycles. The first-order chi connectivity index (χ1) is 24.9. The molecule has 1 unspecified atom stereocenters. The molecule has 288 valence electrons. The number of H-pyrrole nitrogens is 1. The van der Waals surface area contributed by atoms with Gasteiger partial charge in [-0.15, -0.1) is 0 Å². The summed E-state index contributed by atoms with van der Waals surface area (Å²) < 4.78 is 22.3. The molecule has 1 atom stereocenters. The predicted octanol–water partition coefficient (Wildman–Crippen LogP) is 7.39. The van der Waals surface area contributed by atoms with Crippen molar-refractivity contribution < 1.29 is 43.0 Å². The normalized spacial score (nSPS) is 12.4. The van der Waals surface area contributed by atoms with Crippen LogP contribution in [-0.4, -0.2) is 78.2 Å². The van der Waals surface area contributed by atoms with Crippen molar-refractivity contribution in [3.63, 3.8) is 0 Å². The summed E-state index contributed by atoms with van der Waals surface area (Å²) in [6.45, 7) is 16.8. The molecule has 0 aliphatic rings. The minimum Gasteiger partial charge on any atom is -0.481 e. The van der Waals surface area contributed by atoms with E-state index in [2.05, 4.69) is 15.1 Å². The molecule has 16 nitrogen and oxygen atoms in total. The van der Waals surface area contributed by atoms with Gasteiger partial charge in [0.1, 0.15) is 22.5 Å². The van der Waals surface area contributed by atoms with Crippen LogP contribution in [0.15, 0.2) is 58.1 Å². The summed E-state index contributed by atoms with van der Waals surface area (Å²) in [4.78, 5) is 77.8. The van der Waals surface area contributed by atoms with Crippen molar-refractivity contribution in [2.45, 2.75) is 98.5 Å². The number of nitrogens with one attached hydrogen (secondary N) is 1. The molecule has 0 radical (unpaired) electrons. The van der Waals surface area contributed by atoms with E-state index in [1.165, 1.54) is 36.4 Å². The number of carbonyl (C=O) groups is 4. The minimum atomic E-state index is -1.21. The van der Waals surface area contributed by atoms with Crippen molar-refractivity contribution in [2.75, 3.05) is 11.9 Å². The number of anilines is 1. The Morgan fingerprint density at radius 1 is 0.833 bits per heavy atom. The van der Waals surface area contributed by atoms with Crippen molar-refractivity contribution in [1.82, 2.24) is 25.0 Å². The lowest BCUT2D eigenvalue weighted by atomic mass is 10.0. The molecule has 16 heteroatoms. The summed E-state index contributed by atoms with van der Waals surface area (Å²) in [5, 5.41) is 13.8. The number of carboxylic acid groups (broad SMARTS) is 1. The van der Waals surface area contributed by atoms with Gasteiger partial charge in [0.15, 0.2) is 17.3 Å². The molecule has 4 aromatic rings. The van der Waals surface area contributed by atoms with E-state index in [1.54, 1.807) is 81.5 Å². The van der Waals surface area contributed by atoms with Crippen LogP contribution in [-0.2, 0) is 25.5 Å². The van der Waals surface area contributed by atoms with E-state index in [0.29, 0.717) is 16.2 Å². The first kappa shape index (κ1) is 40.7. The van der Waals surface area contributed by atoms with E-state index < -0.39 is 52.5 Å². The lowest BCUT2D eigenvalue weighted by molar-refractivity contribution is -0.138. The molecule has 0 bridgehead atoms. The van der Waals surface area contributed by atoms with E-state index in [9.17, 15) is 29.1 Å². The second-order valence-electron chi connectivity index (χ2n) is 15.6. The standard InChI is InChI=1S/C38H46N6O10/c1-21(32(46)47)25-16-24(18-40-31(25)45)27-19-39-30(44(34(49)52-37(5,6)7)35(50)53-38(8,9)10)29(41-27)28-17-26(42-54-28)23-14-12-22(13-15-23)20-43(11)33(48)51-36(2,3)4/h12-19,21H,20H2,1-11H3,(H,40,45)(H,46,47). The van der Waals surface area contributed by atoms with Crippen LogP contribution >= 0.6 is 0 Å². The third-order valence-corrected chi connectivity index (χ3v) is 7.30. The summed E-state index contributed by atoms with van der Waals surface area (Å²) in [6, 6.07) is 10.1. The number of aliphatic carboxylic acids is 1. The molecule has 54 heavy (non-hydrogen) atoms. The fourth-order valence-electron chi connectivity index (χ4n) is 4.80. The van der Waals surface area contributed by atoms with Gasteiger partial charge in [-0.05, 0) is 80.9 Å². The van der Waals surface area contributed by atoms with Crippen LogP contribution in [0.5, 0.6) is 0 Å². The topological polar surface area (TPSA) is 207 Å². The van der Waals surface area contributed by atoms with Gasteiger partial charge in [0.25, 0.3) is 5.56 Å². The number of hydrogen-bond donors (Lipinski definition) is 2. The van der Waals surface area contributed by atoms with Crippen molar-refractivity contribution >= 4 is 30.1 Å². The monoisotopic (exact) mass is 746 g/mol. The largest absolute Gasteiger partial charge is 0.481 e. The summed E-state index contributed by atoms with van der Waals surface area (Å²) in [6.07, 6.45) is -0.0934. The van der Waals surface area contributed by atoms with Gasteiger partial charge in [0, 0.05) is 42.5 Å². The van der Waals surface area contributed by atoms with Gasteiger partial charge in [0.05, 0.1) is 17.8 Å². The highest BCUT2D eigenvalue weighted by atomic mass is 16.6. The van der Waals surface area contributed by atoms with Crippen molar-refractivity contribution in [2.24, 2.45) is 0 Å². The lowest BCUT2D eigenvalue weighted by Crippen LogP contribution is -2.44. The molecule has 0 saturated heterocycles. The van der Waals surface area contributed by atoms with E-state index in [-0.39, 0.29) is 40.6 Å². The Balaban J connectivity index is 1.83. The fourth-order valence-corrected chi connectivity index (χ4v) is 4.80. The molecule has 0 saturated carbocycles. The van der Waals surface area contributed by atoms with Gasteiger partial charge < -0.3 is 33.7 Å². The highest BCUT2D eigenvalue weighted by Gasteiger charge is 2.37. The zero-order chi connectivity index (χ0) is 40.3. The highest BCUT2D eigenvalue weighted by Crippen LogP contribution is 2.34. The fraction of sp³-hybridized carbons (Fsp3) is 0.421. The molecule has 3 heterocycles. The Morgan fingerprint density at radius 2 is 1.39 bits per heavy atom. The first-order valence-corrected chi connectivity index (χ1v) is 17.0. The number of carbonyl (C=O) groups excluding carboxylic acids is 3. The molecular weight excluding hydrogens is 700 g/mol. The first-order valence-electron chi connectivity index (χ1n) is 17.0. The van der Waals surface area contributed by atoms with Crippen LogP contribution in [0.3, 0.4) is 0 Å². The summed E-state index contributed by atoms with van der Waals surface area (Å²) in [5.74, 6) is -2.67. The smallest absolute Gasteiger partial charge is 0.425 e. The van der Waals surface area contributed by atoms with E-state index in [1.807, 2.05) is 12.1 Å². The lowest BCUT2D eigenvalue weighted by Gasteiger charge is -2.28. The Bertz CT molecular complexity index is 2060. The van der Waals surface area contributed by atoms with E-state index >= 15 is 0 Å². The average molecular weight is 747 g/mol. The third kappa shape index (κ3) is 10.5. The van der Waals surface area contributed by atoms with Crippen LogP contribution in [0.4, 0.5) is 20.2 Å². The maximum atomic E-state index is 13.7. The number of carboxylic acids is 1. The Morgan fingerprint density at radius 3 is 1.93 bits per heavy atom. The second kappa shape index (κ2) is 15.5. The summed E-state index contributed by atoms with van der Waals surface area (Å²) in [5.41, 5.74) is -1.21. The van der Waals surface area contributed by atoms with E-state index in [0.717, 1.165) is 5.56 Å². The van der Waals surface area contributed by atoms with Crippen LogP contribution in [0.1, 0.15) is 86.3 Å². The van der Waals surface area contributed by atoms with Crippen LogP contribution in [0.25, 0.3) is 34.0 Å². The number of aromatic amines is 1. The number of aromatic nitrogens is 4. The number of hydrogen-bond acceptors (Lipinski definition) is 12. The number of amides is 3. The van der Waals surface area contributed by atoms with Gasteiger partial charge in [0.2, 0.25) is 0 Å². The maximum absolute atomic E-state index is 13.7. The molecule has 2 N–H and O–H groups in total. The summed E-state index contributed by atoms with van der Waals surface area (Å²) in [7, 11) is 1.64. The molecule has 0 aliphatic carbocycles. The van der Waals surface area contributed by atoms with Crippen LogP contribution in [0.2, 0.25) is 0 Å². The quantitative estimate of drug-likeness (QED) is 0.169. The zero-order valence-corrected chi connectivity index (χ0v) is 32.3. The summed E-state index contributed by atoms with van der Waals surface area (Å²) >= 11 is 0. The SMILES string of the molecule is CC(C(=O)O)c1cc(-c2cnc(N(C(=O)OC(C)(C)C)C(=O)OC(C)(C)C)c(-c3cc(-c4ccc(CN(C)C(=O)OC(C)(C)C)cc4)no3)n2)c[nH]c1=O. The number of imide groups is 1. The zero-order valence-electron chi connectivity index (χ0n) is 32.3. The van der Waals surface area contributed by atoms with Crippen LogP contribution < -0.4 is 10.5 Å². The Kier molecular flexibility index (Phi) is 11.7. The van der Waals surface area contributed by atoms with Crippen molar-refractivity contribution in [3.8, 4) is 34.0 Å². The number of rotatable bonds is 8. The predicted molar refractivity (Wildman–Crippen MR) is 198 cm³/mol. The van der Waals surface area contributed by atoms with Crippen molar-refractivity contribution in [1.29, 1.82) is 0 Å². The van der Waals surface area contributed by atoms with Gasteiger partial charge >= 0.3 is 24.2 Å². The maximum Gasteiger partial charge on any atom is 0.425 e. The Labute approximate surface area is 312 Å². The Hall–Kier alpha value is -6.06. The van der Waals surface area contributed by atoms with Crippen LogP contribution in [0, 0.1) is 0 Å². The molecule has 0 spiro atoms. The molecular formula is C38H46N6O10. The van der Waals surface area contributed by atoms with Gasteiger partial charge in [-0.1, -0.05) is 29.4 Å². The van der Waals surface area contributed by atoms with Gasteiger partial charge in [-0.3, -0.25) is 9.59 Å².